The predicted molar refractivity (Wildman–Crippen MR) is 115 cm³/mol. The number of hydrogen-bond acceptors (Lipinski definition) is 5. The van der Waals surface area contributed by atoms with E-state index >= 15 is 0 Å². The molecule has 5 nitrogen and oxygen atoms in total. The predicted octanol–water partition coefficient (Wildman–Crippen LogP) is 4.75. The molecular weight excluding hydrogens is 350 g/mol. The number of rotatable bonds is 4. The van der Waals surface area contributed by atoms with E-state index in [0.717, 1.165) is 33.3 Å². The highest BCUT2D eigenvalue weighted by molar-refractivity contribution is 5.98. The summed E-state index contributed by atoms with van der Waals surface area (Å²) < 4.78 is 11.0. The topological polar surface area (TPSA) is 83.4 Å². The van der Waals surface area contributed by atoms with E-state index in [1.54, 1.807) is 20.3 Å². The normalized spacial score (nSPS) is 10.8. The van der Waals surface area contributed by atoms with Crippen molar-refractivity contribution in [3.8, 4) is 33.9 Å². The Labute approximate surface area is 163 Å². The summed E-state index contributed by atoms with van der Waals surface area (Å²) in [7, 11) is 3.25. The van der Waals surface area contributed by atoms with E-state index in [4.69, 9.17) is 25.9 Å². The Bertz CT molecular complexity index is 1160. The number of nitrogen functional groups attached to an aromatic ring is 2. The number of ether oxygens (including phenoxy) is 2. The molecule has 4 N–H and O–H groups in total. The van der Waals surface area contributed by atoms with Crippen LogP contribution < -0.4 is 20.9 Å². The van der Waals surface area contributed by atoms with Crippen LogP contribution >= 0.6 is 0 Å². The van der Waals surface area contributed by atoms with Crippen molar-refractivity contribution in [2.45, 2.75) is 0 Å². The second kappa shape index (κ2) is 7.12. The van der Waals surface area contributed by atoms with Crippen molar-refractivity contribution in [3.63, 3.8) is 0 Å². The quantitative estimate of drug-likeness (QED) is 0.506. The first-order valence-corrected chi connectivity index (χ1v) is 8.88. The summed E-state index contributed by atoms with van der Waals surface area (Å²) in [6, 6.07) is 21.7. The van der Waals surface area contributed by atoms with Gasteiger partial charge in [0.1, 0.15) is 0 Å². The Balaban J connectivity index is 2.03. The number of methoxy groups -OCH3 is 2. The standard InChI is InChI=1S/C23H21N3O2/c1-27-22-12-17-16(14-6-4-3-5-7-14)11-20(26-21(17)13-23(22)28-2)15-8-9-18(24)19(25)10-15/h3-13H,24-25H2,1-2H3. The Morgan fingerprint density at radius 1 is 0.714 bits per heavy atom. The summed E-state index contributed by atoms with van der Waals surface area (Å²) in [4.78, 5) is 4.85. The van der Waals surface area contributed by atoms with Crippen LogP contribution in [0.5, 0.6) is 11.5 Å². The molecule has 4 rings (SSSR count). The van der Waals surface area contributed by atoms with Crippen LogP contribution in [0.3, 0.4) is 0 Å². The zero-order valence-electron chi connectivity index (χ0n) is 15.8. The van der Waals surface area contributed by atoms with Gasteiger partial charge in [-0.25, -0.2) is 4.98 Å². The highest BCUT2D eigenvalue weighted by atomic mass is 16.5. The second-order valence-electron chi connectivity index (χ2n) is 6.49. The number of pyridine rings is 1. The maximum absolute atomic E-state index is 6.01. The smallest absolute Gasteiger partial charge is 0.162 e. The molecule has 5 heteroatoms. The van der Waals surface area contributed by atoms with Crippen molar-refractivity contribution in [2.75, 3.05) is 25.7 Å². The van der Waals surface area contributed by atoms with Crippen LogP contribution in [0.2, 0.25) is 0 Å². The minimum absolute atomic E-state index is 0.535. The summed E-state index contributed by atoms with van der Waals surface area (Å²) in [5, 5.41) is 0.982. The third-order valence-electron chi connectivity index (χ3n) is 4.78. The number of benzene rings is 3. The van der Waals surface area contributed by atoms with Crippen molar-refractivity contribution in [1.29, 1.82) is 0 Å². The summed E-state index contributed by atoms with van der Waals surface area (Å²) in [6.45, 7) is 0. The maximum Gasteiger partial charge on any atom is 0.162 e. The van der Waals surface area contributed by atoms with E-state index in [1.807, 2.05) is 42.5 Å². The first kappa shape index (κ1) is 17.7. The highest BCUT2D eigenvalue weighted by Gasteiger charge is 2.14. The number of hydrogen-bond donors (Lipinski definition) is 2. The van der Waals surface area contributed by atoms with Crippen molar-refractivity contribution in [2.24, 2.45) is 0 Å². The Kier molecular flexibility index (Phi) is 4.49. The minimum Gasteiger partial charge on any atom is -0.493 e. The second-order valence-corrected chi connectivity index (χ2v) is 6.49. The molecule has 0 bridgehead atoms. The van der Waals surface area contributed by atoms with Crippen LogP contribution in [-0.4, -0.2) is 19.2 Å². The van der Waals surface area contributed by atoms with Gasteiger partial charge in [-0.3, -0.25) is 0 Å². The zero-order chi connectivity index (χ0) is 19.7. The van der Waals surface area contributed by atoms with E-state index in [0.29, 0.717) is 22.9 Å². The molecule has 140 valence electrons. The lowest BCUT2D eigenvalue weighted by Gasteiger charge is -2.14. The molecule has 0 aliphatic heterocycles. The number of anilines is 2. The summed E-state index contributed by atoms with van der Waals surface area (Å²) in [5.74, 6) is 1.30. The Morgan fingerprint density at radius 3 is 2.11 bits per heavy atom. The monoisotopic (exact) mass is 371 g/mol. The van der Waals surface area contributed by atoms with Gasteiger partial charge in [0.15, 0.2) is 11.5 Å². The number of fused-ring (bicyclic) bond motifs is 1. The lowest BCUT2D eigenvalue weighted by Crippen LogP contribution is -1.97. The van der Waals surface area contributed by atoms with Gasteiger partial charge in [-0.2, -0.15) is 0 Å². The maximum atomic E-state index is 6.01. The zero-order valence-corrected chi connectivity index (χ0v) is 15.8. The van der Waals surface area contributed by atoms with Gasteiger partial charge in [0, 0.05) is 17.0 Å². The van der Waals surface area contributed by atoms with Gasteiger partial charge in [-0.1, -0.05) is 36.4 Å². The lowest BCUT2D eigenvalue weighted by molar-refractivity contribution is 0.356. The first-order chi connectivity index (χ1) is 13.6. The fourth-order valence-electron chi connectivity index (χ4n) is 3.29. The molecule has 0 unspecified atom stereocenters. The van der Waals surface area contributed by atoms with E-state index in [1.165, 1.54) is 0 Å². The molecule has 0 saturated heterocycles. The van der Waals surface area contributed by atoms with E-state index in [2.05, 4.69) is 18.2 Å². The van der Waals surface area contributed by atoms with Gasteiger partial charge in [-0.05, 0) is 35.4 Å². The number of nitrogens with two attached hydrogens (primary N) is 2. The molecule has 0 amide bonds. The van der Waals surface area contributed by atoms with Crippen LogP contribution in [0.25, 0.3) is 33.3 Å². The molecule has 0 aliphatic rings. The van der Waals surface area contributed by atoms with Gasteiger partial charge in [0.25, 0.3) is 0 Å². The molecule has 0 fully saturated rings. The summed E-state index contributed by atoms with van der Waals surface area (Å²) in [6.07, 6.45) is 0. The summed E-state index contributed by atoms with van der Waals surface area (Å²) in [5.41, 5.74) is 17.6. The third kappa shape index (κ3) is 3.07. The SMILES string of the molecule is COc1cc2nc(-c3ccc(N)c(N)c3)cc(-c3ccccc3)c2cc1OC. The van der Waals surface area contributed by atoms with Crippen LogP contribution in [0.15, 0.2) is 66.7 Å². The molecule has 0 atom stereocenters. The van der Waals surface area contributed by atoms with Gasteiger partial charge in [0.05, 0.1) is 36.8 Å². The number of aromatic nitrogens is 1. The molecule has 3 aromatic carbocycles. The Morgan fingerprint density at radius 2 is 1.43 bits per heavy atom. The summed E-state index contributed by atoms with van der Waals surface area (Å²) >= 11 is 0. The average molecular weight is 371 g/mol. The molecule has 0 spiro atoms. The van der Waals surface area contributed by atoms with Gasteiger partial charge >= 0.3 is 0 Å². The minimum atomic E-state index is 0.535. The molecule has 0 radical (unpaired) electrons. The largest absolute Gasteiger partial charge is 0.493 e. The average Bonchev–Trinajstić information content (AvgIpc) is 2.74. The van der Waals surface area contributed by atoms with Crippen molar-refractivity contribution < 1.29 is 9.47 Å². The van der Waals surface area contributed by atoms with E-state index in [9.17, 15) is 0 Å². The van der Waals surface area contributed by atoms with Crippen molar-refractivity contribution in [1.82, 2.24) is 4.98 Å². The van der Waals surface area contributed by atoms with Crippen LogP contribution in [0.4, 0.5) is 11.4 Å². The van der Waals surface area contributed by atoms with E-state index < -0.39 is 0 Å². The highest BCUT2D eigenvalue weighted by Crippen LogP contribution is 2.38. The van der Waals surface area contributed by atoms with Crippen LogP contribution in [0.1, 0.15) is 0 Å². The Hall–Kier alpha value is -3.73. The van der Waals surface area contributed by atoms with Crippen LogP contribution in [-0.2, 0) is 0 Å². The van der Waals surface area contributed by atoms with Crippen LogP contribution in [0, 0.1) is 0 Å². The van der Waals surface area contributed by atoms with Gasteiger partial charge in [-0.15, -0.1) is 0 Å². The molecule has 0 aliphatic carbocycles. The fraction of sp³-hybridized carbons (Fsp3) is 0.0870. The molecule has 0 saturated carbocycles. The number of nitrogens with zero attached hydrogens (tertiary/aromatic N) is 1. The van der Waals surface area contributed by atoms with Crippen molar-refractivity contribution >= 4 is 22.3 Å². The molecule has 1 heterocycles. The molecular formula is C23H21N3O2. The fourth-order valence-corrected chi connectivity index (χ4v) is 3.29. The molecule has 28 heavy (non-hydrogen) atoms. The lowest BCUT2D eigenvalue weighted by atomic mass is 9.97. The third-order valence-corrected chi connectivity index (χ3v) is 4.78. The van der Waals surface area contributed by atoms with Crippen molar-refractivity contribution in [3.05, 3.63) is 66.7 Å². The van der Waals surface area contributed by atoms with Gasteiger partial charge < -0.3 is 20.9 Å². The first-order valence-electron chi connectivity index (χ1n) is 8.88. The van der Waals surface area contributed by atoms with Gasteiger partial charge in [0.2, 0.25) is 0 Å². The van der Waals surface area contributed by atoms with E-state index in [-0.39, 0.29) is 0 Å². The molecule has 1 aromatic heterocycles. The molecule has 4 aromatic rings.